The van der Waals surface area contributed by atoms with E-state index < -0.39 is 17.7 Å². The van der Waals surface area contributed by atoms with E-state index in [9.17, 15) is 22.8 Å². The highest BCUT2D eigenvalue weighted by molar-refractivity contribution is 5.89. The van der Waals surface area contributed by atoms with Crippen LogP contribution < -0.4 is 5.32 Å². The van der Waals surface area contributed by atoms with E-state index in [-0.39, 0.29) is 24.8 Å². The van der Waals surface area contributed by atoms with E-state index in [1.54, 1.807) is 4.90 Å². The Morgan fingerprint density at radius 1 is 1.14 bits per heavy atom. The molecule has 1 aliphatic heterocycles. The van der Waals surface area contributed by atoms with Crippen LogP contribution in [0.25, 0.3) is 0 Å². The van der Waals surface area contributed by atoms with E-state index in [0.717, 1.165) is 23.3 Å². The smallest absolute Gasteiger partial charge is 0.352 e. The number of nitrogens with one attached hydrogen (secondary N) is 1. The van der Waals surface area contributed by atoms with Crippen molar-refractivity contribution < 1.29 is 22.8 Å². The van der Waals surface area contributed by atoms with Crippen molar-refractivity contribution in [3.05, 3.63) is 70.8 Å². The Kier molecular flexibility index (Phi) is 5.72. The average Bonchev–Trinajstić information content (AvgIpc) is 3.02. The van der Waals surface area contributed by atoms with Crippen LogP contribution in [0.1, 0.15) is 28.7 Å². The van der Waals surface area contributed by atoms with Crippen LogP contribution in [0.2, 0.25) is 0 Å². The fraction of sp³-hybridized carbons (Fsp3) is 0.333. The van der Waals surface area contributed by atoms with E-state index in [1.807, 2.05) is 31.2 Å². The summed E-state index contributed by atoms with van der Waals surface area (Å²) in [4.78, 5) is 26.2. The van der Waals surface area contributed by atoms with Crippen LogP contribution in [0.3, 0.4) is 0 Å². The predicted octanol–water partition coefficient (Wildman–Crippen LogP) is 3.68. The van der Waals surface area contributed by atoms with Crippen molar-refractivity contribution in [1.29, 1.82) is 0 Å². The molecule has 0 bridgehead atoms. The van der Waals surface area contributed by atoms with Gasteiger partial charge in [0, 0.05) is 26.1 Å². The molecule has 1 N–H and O–H groups in total. The molecule has 1 saturated heterocycles. The second-order valence-electron chi connectivity index (χ2n) is 7.08. The normalized spacial score (nSPS) is 17.1. The summed E-state index contributed by atoms with van der Waals surface area (Å²) in [5, 5.41) is 2.65. The highest BCUT2D eigenvalue weighted by Gasteiger charge is 2.34. The second kappa shape index (κ2) is 8.04. The van der Waals surface area contributed by atoms with Crippen molar-refractivity contribution >= 4 is 11.8 Å². The molecule has 1 fully saturated rings. The third-order valence-corrected chi connectivity index (χ3v) is 4.80. The summed E-state index contributed by atoms with van der Waals surface area (Å²) in [5.74, 6) is -0.916. The molecule has 0 spiro atoms. The fourth-order valence-electron chi connectivity index (χ4n) is 3.21. The highest BCUT2D eigenvalue weighted by atomic mass is 19.4. The lowest BCUT2D eigenvalue weighted by Crippen LogP contribution is -2.32. The number of aryl methyl sites for hydroxylation is 1. The Bertz CT molecular complexity index is 863. The van der Waals surface area contributed by atoms with Gasteiger partial charge in [0.05, 0.1) is 11.5 Å². The third kappa shape index (κ3) is 4.91. The van der Waals surface area contributed by atoms with Crippen LogP contribution in [0.4, 0.5) is 13.2 Å². The number of benzene rings is 2. The van der Waals surface area contributed by atoms with Gasteiger partial charge in [-0.1, -0.05) is 42.0 Å². The molecule has 0 aliphatic carbocycles. The maximum Gasteiger partial charge on any atom is 0.416 e. The number of likely N-dealkylation sites (tertiary alicyclic amines) is 1. The van der Waals surface area contributed by atoms with Gasteiger partial charge in [0.25, 0.3) is 0 Å². The molecule has 0 saturated carbocycles. The van der Waals surface area contributed by atoms with Crippen LogP contribution in [-0.4, -0.2) is 23.3 Å². The van der Waals surface area contributed by atoms with Crippen LogP contribution in [0.5, 0.6) is 0 Å². The number of nitrogens with zero attached hydrogens (tertiary/aromatic N) is 1. The molecule has 148 valence electrons. The van der Waals surface area contributed by atoms with E-state index in [0.29, 0.717) is 18.7 Å². The minimum absolute atomic E-state index is 0.00853. The van der Waals surface area contributed by atoms with Crippen LogP contribution in [-0.2, 0) is 28.9 Å². The Hall–Kier alpha value is -2.83. The maximum atomic E-state index is 12.8. The minimum Gasteiger partial charge on any atom is -0.352 e. The van der Waals surface area contributed by atoms with Gasteiger partial charge in [0.2, 0.25) is 11.8 Å². The van der Waals surface area contributed by atoms with Gasteiger partial charge < -0.3 is 10.2 Å². The van der Waals surface area contributed by atoms with E-state index >= 15 is 0 Å². The zero-order chi connectivity index (χ0) is 20.3. The van der Waals surface area contributed by atoms with Gasteiger partial charge in [-0.3, -0.25) is 9.59 Å². The molecule has 0 radical (unpaired) electrons. The number of halogens is 3. The Morgan fingerprint density at radius 3 is 2.54 bits per heavy atom. The summed E-state index contributed by atoms with van der Waals surface area (Å²) in [6.07, 6.45) is -4.31. The molecule has 4 nitrogen and oxygen atoms in total. The summed E-state index contributed by atoms with van der Waals surface area (Å²) in [7, 11) is 0. The first-order valence-corrected chi connectivity index (χ1v) is 8.99. The molecule has 28 heavy (non-hydrogen) atoms. The first kappa shape index (κ1) is 19.9. The number of hydrogen-bond acceptors (Lipinski definition) is 2. The molecular weight excluding hydrogens is 369 g/mol. The van der Waals surface area contributed by atoms with Gasteiger partial charge in [0.15, 0.2) is 0 Å². The lowest BCUT2D eigenvalue weighted by molar-refractivity contribution is -0.137. The minimum atomic E-state index is -4.42. The Balaban J connectivity index is 1.55. The molecule has 1 heterocycles. The lowest BCUT2D eigenvalue weighted by Gasteiger charge is -2.17. The predicted molar refractivity (Wildman–Crippen MR) is 98.0 cm³/mol. The Morgan fingerprint density at radius 2 is 1.86 bits per heavy atom. The van der Waals surface area contributed by atoms with Crippen molar-refractivity contribution in [2.24, 2.45) is 5.92 Å². The Labute approximate surface area is 161 Å². The van der Waals surface area contributed by atoms with Crippen LogP contribution in [0, 0.1) is 12.8 Å². The van der Waals surface area contributed by atoms with Gasteiger partial charge in [-0.25, -0.2) is 0 Å². The first-order valence-electron chi connectivity index (χ1n) is 8.99. The van der Waals surface area contributed by atoms with Gasteiger partial charge in [0.1, 0.15) is 0 Å². The van der Waals surface area contributed by atoms with E-state index in [1.165, 1.54) is 12.1 Å². The number of alkyl halides is 3. The number of carbonyl (C=O) groups excluding carboxylic acids is 2. The molecule has 7 heteroatoms. The monoisotopic (exact) mass is 390 g/mol. The lowest BCUT2D eigenvalue weighted by atomic mass is 10.1. The van der Waals surface area contributed by atoms with E-state index in [4.69, 9.17) is 0 Å². The fourth-order valence-corrected chi connectivity index (χ4v) is 3.21. The van der Waals surface area contributed by atoms with Crippen molar-refractivity contribution in [3.63, 3.8) is 0 Å². The molecule has 2 amide bonds. The van der Waals surface area contributed by atoms with Crippen molar-refractivity contribution in [1.82, 2.24) is 10.2 Å². The van der Waals surface area contributed by atoms with Gasteiger partial charge in [-0.15, -0.1) is 0 Å². The van der Waals surface area contributed by atoms with E-state index in [2.05, 4.69) is 5.32 Å². The summed E-state index contributed by atoms with van der Waals surface area (Å²) >= 11 is 0. The summed E-state index contributed by atoms with van der Waals surface area (Å²) in [6, 6.07) is 12.7. The molecular formula is C21H21F3N2O2. The third-order valence-electron chi connectivity index (χ3n) is 4.80. The topological polar surface area (TPSA) is 49.4 Å². The zero-order valence-corrected chi connectivity index (χ0v) is 15.4. The SMILES string of the molecule is Cc1ccc(CN2C[C@@H](C(=O)NCc3cccc(C(F)(F)F)c3)CC2=O)cc1. The van der Waals surface area contributed by atoms with Crippen molar-refractivity contribution in [3.8, 4) is 0 Å². The van der Waals surface area contributed by atoms with Crippen LogP contribution >= 0.6 is 0 Å². The first-order chi connectivity index (χ1) is 13.2. The largest absolute Gasteiger partial charge is 0.416 e. The molecule has 2 aromatic rings. The summed E-state index contributed by atoms with van der Waals surface area (Å²) in [5.41, 5.74) is 1.73. The molecule has 0 unspecified atom stereocenters. The summed E-state index contributed by atoms with van der Waals surface area (Å²) < 4.78 is 38.3. The highest BCUT2D eigenvalue weighted by Crippen LogP contribution is 2.29. The maximum absolute atomic E-state index is 12.8. The molecule has 1 atom stereocenters. The van der Waals surface area contributed by atoms with Gasteiger partial charge in [-0.2, -0.15) is 13.2 Å². The number of hydrogen-bond donors (Lipinski definition) is 1. The zero-order valence-electron chi connectivity index (χ0n) is 15.4. The average molecular weight is 390 g/mol. The number of amides is 2. The van der Waals surface area contributed by atoms with Crippen LogP contribution in [0.15, 0.2) is 48.5 Å². The van der Waals surface area contributed by atoms with Crippen molar-refractivity contribution in [2.75, 3.05) is 6.54 Å². The standard InChI is InChI=1S/C21H21F3N2O2/c1-14-5-7-15(8-6-14)12-26-13-17(10-19(26)27)20(28)25-11-16-3-2-4-18(9-16)21(22,23)24/h2-9,17H,10-13H2,1H3,(H,25,28)/t17-/m0/s1. The number of carbonyl (C=O) groups is 2. The molecule has 1 aliphatic rings. The summed E-state index contributed by atoms with van der Waals surface area (Å²) in [6.45, 7) is 2.72. The number of rotatable bonds is 5. The quantitative estimate of drug-likeness (QED) is 0.847. The van der Waals surface area contributed by atoms with Gasteiger partial charge in [-0.05, 0) is 30.2 Å². The molecule has 2 aromatic carbocycles. The molecule has 0 aromatic heterocycles. The van der Waals surface area contributed by atoms with Crippen molar-refractivity contribution in [2.45, 2.75) is 32.6 Å². The second-order valence-corrected chi connectivity index (χ2v) is 7.08. The van der Waals surface area contributed by atoms with Gasteiger partial charge >= 0.3 is 6.18 Å². The molecule has 3 rings (SSSR count).